The second kappa shape index (κ2) is 8.98. The van der Waals surface area contributed by atoms with Gasteiger partial charge in [-0.3, -0.25) is 13.9 Å². The lowest BCUT2D eigenvalue weighted by molar-refractivity contribution is 0.0540. The molecule has 0 amide bonds. The van der Waals surface area contributed by atoms with E-state index in [9.17, 15) is 19.6 Å². The first-order chi connectivity index (χ1) is 16.9. The Morgan fingerprint density at radius 3 is 2.53 bits per heavy atom. The quantitative estimate of drug-likeness (QED) is 0.252. The molecular weight excluding hydrogens is 488 g/mol. The first kappa shape index (κ1) is 25.2. The number of halogens is 1. The van der Waals surface area contributed by atoms with Crippen LogP contribution in [-0.2, 0) is 24.9 Å². The summed E-state index contributed by atoms with van der Waals surface area (Å²) in [4.78, 5) is 44.6. The average Bonchev–Trinajstić information content (AvgIpc) is 3.34. The van der Waals surface area contributed by atoms with Gasteiger partial charge in [-0.1, -0.05) is 22.8 Å². The first-order valence-electron chi connectivity index (χ1n) is 11.3. The lowest BCUT2D eigenvalue weighted by atomic mass is 10.2. The maximum Gasteiger partial charge on any atom is 0.419 e. The molecule has 36 heavy (non-hydrogen) atoms. The van der Waals surface area contributed by atoms with Gasteiger partial charge in [-0.2, -0.15) is 0 Å². The summed E-state index contributed by atoms with van der Waals surface area (Å²) in [5, 5.41) is 13.4. The van der Waals surface area contributed by atoms with Crippen LogP contribution in [0.3, 0.4) is 0 Å². The minimum absolute atomic E-state index is 0.160. The number of fused-ring (bicyclic) bond motifs is 2. The van der Waals surface area contributed by atoms with Crippen LogP contribution in [0.4, 0.5) is 4.79 Å². The van der Waals surface area contributed by atoms with Crippen molar-refractivity contribution < 1.29 is 14.7 Å². The first-order valence-corrected chi connectivity index (χ1v) is 11.7. The third kappa shape index (κ3) is 4.09. The Labute approximate surface area is 210 Å². The van der Waals surface area contributed by atoms with Gasteiger partial charge in [-0.25, -0.2) is 19.1 Å². The number of hydrogen-bond acceptors (Lipinski definition) is 7. The number of aromatic nitrogens is 5. The predicted octanol–water partition coefficient (Wildman–Crippen LogP) is 3.55. The van der Waals surface area contributed by atoms with Gasteiger partial charge < -0.3 is 14.5 Å². The van der Waals surface area contributed by atoms with Gasteiger partial charge >= 0.3 is 11.8 Å². The van der Waals surface area contributed by atoms with Crippen molar-refractivity contribution in [3.05, 3.63) is 61.6 Å². The zero-order chi connectivity index (χ0) is 26.5. The van der Waals surface area contributed by atoms with Gasteiger partial charge in [0, 0.05) is 24.0 Å². The van der Waals surface area contributed by atoms with Crippen LogP contribution < -0.4 is 11.2 Å². The molecule has 0 aliphatic rings. The van der Waals surface area contributed by atoms with Crippen LogP contribution in [0.25, 0.3) is 22.1 Å². The molecule has 0 aliphatic heterocycles. The zero-order valence-electron chi connectivity index (χ0n) is 20.9. The summed E-state index contributed by atoms with van der Waals surface area (Å²) in [6.45, 7) is 8.57. The number of rotatable bonds is 4. The fourth-order valence-corrected chi connectivity index (χ4v) is 4.43. The molecule has 190 valence electrons. The molecule has 4 aromatic rings. The van der Waals surface area contributed by atoms with E-state index in [-0.39, 0.29) is 35.8 Å². The molecule has 1 N–H and O–H groups in total. The summed E-state index contributed by atoms with van der Waals surface area (Å²) in [7, 11) is 1.60. The van der Waals surface area contributed by atoms with E-state index >= 15 is 0 Å². The van der Waals surface area contributed by atoms with Crippen molar-refractivity contribution in [3.63, 3.8) is 0 Å². The highest BCUT2D eigenvalue weighted by Crippen LogP contribution is 2.28. The van der Waals surface area contributed by atoms with Gasteiger partial charge in [0.2, 0.25) is 0 Å². The molecule has 0 saturated heterocycles. The van der Waals surface area contributed by atoms with Gasteiger partial charge in [0.1, 0.15) is 11.3 Å². The zero-order valence-corrected chi connectivity index (χ0v) is 21.6. The molecule has 0 unspecified atom stereocenters. The third-order valence-corrected chi connectivity index (χ3v) is 6.13. The van der Waals surface area contributed by atoms with Crippen molar-refractivity contribution in [2.75, 3.05) is 0 Å². The molecule has 11 nitrogen and oxygen atoms in total. The number of benzene rings is 1. The largest absolute Gasteiger partial charge is 0.443 e. The van der Waals surface area contributed by atoms with E-state index in [0.29, 0.717) is 21.6 Å². The number of imidazole rings is 1. The van der Waals surface area contributed by atoms with Crippen LogP contribution in [0.1, 0.15) is 46.1 Å². The summed E-state index contributed by atoms with van der Waals surface area (Å²) in [6, 6.07) is 6.79. The van der Waals surface area contributed by atoms with Crippen LogP contribution in [0.15, 0.2) is 39.0 Å². The third-order valence-electron chi connectivity index (χ3n) is 5.80. The Kier molecular flexibility index (Phi) is 6.29. The van der Waals surface area contributed by atoms with Crippen molar-refractivity contribution in [2.24, 2.45) is 12.2 Å². The normalized spacial score (nSPS) is 12.6. The van der Waals surface area contributed by atoms with E-state index in [0.717, 1.165) is 4.57 Å². The van der Waals surface area contributed by atoms with Gasteiger partial charge in [0.15, 0.2) is 17.0 Å². The molecule has 0 fully saturated rings. The minimum atomic E-state index is -0.772. The van der Waals surface area contributed by atoms with Crippen molar-refractivity contribution >= 4 is 45.5 Å². The van der Waals surface area contributed by atoms with E-state index < -0.39 is 22.9 Å². The SMILES string of the molecule is CCn1c(=O)n(Cc2cc3c(Cl)cccc3n2C(=O)OC(C)(C)C)c(=O)c2c1nc(C(C)=NO)n2C. The molecule has 12 heteroatoms. The molecule has 3 heterocycles. The number of nitrogens with zero attached hydrogens (tertiary/aromatic N) is 6. The van der Waals surface area contributed by atoms with Gasteiger partial charge in [0.05, 0.1) is 17.8 Å². The smallest absolute Gasteiger partial charge is 0.419 e. The molecule has 0 aliphatic carbocycles. The molecule has 0 radical (unpaired) electrons. The Morgan fingerprint density at radius 2 is 1.92 bits per heavy atom. The number of ether oxygens (including phenoxy) is 1. The fourth-order valence-electron chi connectivity index (χ4n) is 4.21. The topological polar surface area (TPSA) is 126 Å². The van der Waals surface area contributed by atoms with Gasteiger partial charge in [0.25, 0.3) is 5.56 Å². The summed E-state index contributed by atoms with van der Waals surface area (Å²) in [5.41, 5.74) is -0.588. The highest BCUT2D eigenvalue weighted by Gasteiger charge is 2.25. The van der Waals surface area contributed by atoms with Crippen LogP contribution >= 0.6 is 11.6 Å². The number of carbonyl (C=O) groups is 1. The fraction of sp³-hybridized carbons (Fsp3) is 0.375. The van der Waals surface area contributed by atoms with Crippen LogP contribution in [0.2, 0.25) is 5.02 Å². The summed E-state index contributed by atoms with van der Waals surface area (Å²) in [6.07, 6.45) is -0.655. The molecule has 1 aromatic carbocycles. The van der Waals surface area contributed by atoms with Crippen LogP contribution in [0.5, 0.6) is 0 Å². The number of oxime groups is 1. The minimum Gasteiger partial charge on any atom is -0.443 e. The Morgan fingerprint density at radius 1 is 1.22 bits per heavy atom. The summed E-state index contributed by atoms with van der Waals surface area (Å²) in [5.74, 6) is 0.249. The number of aryl methyl sites for hydroxylation is 2. The summed E-state index contributed by atoms with van der Waals surface area (Å²) >= 11 is 6.40. The number of hydrogen-bond donors (Lipinski definition) is 1. The van der Waals surface area contributed by atoms with E-state index in [1.54, 1.807) is 59.0 Å². The maximum absolute atomic E-state index is 13.6. The van der Waals surface area contributed by atoms with E-state index in [1.165, 1.54) is 20.6 Å². The maximum atomic E-state index is 13.6. The van der Waals surface area contributed by atoms with Crippen LogP contribution in [-0.4, -0.2) is 45.9 Å². The highest BCUT2D eigenvalue weighted by molar-refractivity contribution is 6.35. The molecule has 4 rings (SSSR count). The second-order valence-electron chi connectivity index (χ2n) is 9.39. The standard InChI is InChI=1S/C24H27ClN6O5/c1-7-29-20-18(28(6)19(26-20)13(2)27-35)21(32)30(22(29)33)12-14-11-15-16(25)9-8-10-17(15)31(14)23(34)36-24(3,4)5/h8-11,35H,7,12H2,1-6H3. The Hall–Kier alpha value is -3.86. The summed E-state index contributed by atoms with van der Waals surface area (Å²) < 4.78 is 10.8. The predicted molar refractivity (Wildman–Crippen MR) is 137 cm³/mol. The van der Waals surface area contributed by atoms with Crippen molar-refractivity contribution in [2.45, 2.75) is 53.3 Å². The average molecular weight is 515 g/mol. The molecule has 0 atom stereocenters. The molecule has 0 bridgehead atoms. The molecule has 0 saturated carbocycles. The number of carbonyl (C=O) groups excluding carboxylic acids is 1. The highest BCUT2D eigenvalue weighted by atomic mass is 35.5. The molecule has 3 aromatic heterocycles. The Balaban J connectivity index is 2.00. The van der Waals surface area contributed by atoms with E-state index in [1.807, 2.05) is 0 Å². The molecule has 0 spiro atoms. The van der Waals surface area contributed by atoms with Crippen molar-refractivity contribution in [3.8, 4) is 0 Å². The lowest BCUT2D eigenvalue weighted by Gasteiger charge is -2.21. The monoisotopic (exact) mass is 514 g/mol. The van der Waals surface area contributed by atoms with Gasteiger partial charge in [-0.05, 0) is 52.8 Å². The second-order valence-corrected chi connectivity index (χ2v) is 9.80. The van der Waals surface area contributed by atoms with E-state index in [4.69, 9.17) is 16.3 Å². The van der Waals surface area contributed by atoms with Gasteiger partial charge in [-0.15, -0.1) is 0 Å². The molecular formula is C24H27ClN6O5. The van der Waals surface area contributed by atoms with Crippen molar-refractivity contribution in [1.29, 1.82) is 0 Å². The Bertz CT molecular complexity index is 1660. The van der Waals surface area contributed by atoms with Crippen LogP contribution in [0, 0.1) is 0 Å². The van der Waals surface area contributed by atoms with E-state index in [2.05, 4.69) is 10.1 Å². The lowest BCUT2D eigenvalue weighted by Crippen LogP contribution is -2.41. The van der Waals surface area contributed by atoms with Crippen molar-refractivity contribution in [1.82, 2.24) is 23.3 Å².